The molecule has 100 valence electrons. The van der Waals surface area contributed by atoms with Gasteiger partial charge in [0.15, 0.2) is 0 Å². The molecule has 3 nitrogen and oxygen atoms in total. The summed E-state index contributed by atoms with van der Waals surface area (Å²) in [6, 6.07) is 2.31. The summed E-state index contributed by atoms with van der Waals surface area (Å²) < 4.78 is 7.65. The molecule has 5 heteroatoms. The molecule has 0 amide bonds. The summed E-state index contributed by atoms with van der Waals surface area (Å²) in [5, 5.41) is 3.54. The molecule has 0 aromatic carbocycles. The van der Waals surface area contributed by atoms with Crippen molar-refractivity contribution in [1.29, 1.82) is 0 Å². The number of hydrogen-bond donors (Lipinski definition) is 1. The van der Waals surface area contributed by atoms with Gasteiger partial charge in [-0.05, 0) is 57.3 Å². The van der Waals surface area contributed by atoms with E-state index in [-0.39, 0.29) is 6.04 Å². The molecule has 1 fully saturated rings. The van der Waals surface area contributed by atoms with Crippen molar-refractivity contribution in [1.82, 2.24) is 10.3 Å². The van der Waals surface area contributed by atoms with Crippen LogP contribution in [0.5, 0.6) is 0 Å². The zero-order valence-electron chi connectivity index (χ0n) is 10.5. The fraction of sp³-hybridized carbons (Fsp3) is 0.615. The topological polar surface area (TPSA) is 34.2 Å². The Morgan fingerprint density at radius 2 is 2.39 bits per heavy atom. The molecule has 1 aromatic heterocycles. The lowest BCUT2D eigenvalue weighted by Gasteiger charge is -2.31. The monoisotopic (exact) mass is 376 g/mol. The van der Waals surface area contributed by atoms with E-state index >= 15 is 0 Å². The number of aromatic nitrogens is 1. The van der Waals surface area contributed by atoms with Crippen LogP contribution in [-0.4, -0.2) is 24.7 Å². The molecular formula is C13H18Br2N2O. The standard InChI is InChI=1S/C13H18Br2N2O/c1-2-16-12(9-4-3-5-18-8-9)13-11(15)6-10(14)7-17-13/h6-7,9,12,16H,2-5,8H2,1H3. The van der Waals surface area contributed by atoms with Crippen LogP contribution in [0.15, 0.2) is 21.2 Å². The van der Waals surface area contributed by atoms with E-state index in [9.17, 15) is 0 Å². The molecule has 1 aromatic rings. The van der Waals surface area contributed by atoms with Gasteiger partial charge in [0.2, 0.25) is 0 Å². The van der Waals surface area contributed by atoms with Crippen LogP contribution in [0.1, 0.15) is 31.5 Å². The second-order valence-corrected chi connectivity index (χ2v) is 6.30. The van der Waals surface area contributed by atoms with Gasteiger partial charge >= 0.3 is 0 Å². The van der Waals surface area contributed by atoms with Crippen molar-refractivity contribution in [3.05, 3.63) is 26.9 Å². The maximum absolute atomic E-state index is 5.60. The molecule has 1 saturated heterocycles. The number of rotatable bonds is 4. The zero-order chi connectivity index (χ0) is 13.0. The van der Waals surface area contributed by atoms with E-state index in [1.165, 1.54) is 6.42 Å². The van der Waals surface area contributed by atoms with Gasteiger partial charge in [0.1, 0.15) is 0 Å². The highest BCUT2D eigenvalue weighted by molar-refractivity contribution is 9.11. The van der Waals surface area contributed by atoms with Crippen molar-refractivity contribution in [2.75, 3.05) is 19.8 Å². The molecular weight excluding hydrogens is 360 g/mol. The number of pyridine rings is 1. The molecule has 0 radical (unpaired) electrons. The molecule has 1 N–H and O–H groups in total. The van der Waals surface area contributed by atoms with Crippen LogP contribution in [-0.2, 0) is 4.74 Å². The predicted molar refractivity (Wildman–Crippen MR) is 79.6 cm³/mol. The Labute approximate surface area is 125 Å². The molecule has 0 bridgehead atoms. The first-order chi connectivity index (χ1) is 8.72. The summed E-state index contributed by atoms with van der Waals surface area (Å²) in [6.07, 6.45) is 4.19. The van der Waals surface area contributed by atoms with Crippen molar-refractivity contribution in [2.45, 2.75) is 25.8 Å². The van der Waals surface area contributed by atoms with Gasteiger partial charge in [0.05, 0.1) is 18.3 Å². The first-order valence-electron chi connectivity index (χ1n) is 6.34. The molecule has 2 unspecified atom stereocenters. The van der Waals surface area contributed by atoms with Gasteiger partial charge in [-0.15, -0.1) is 0 Å². The largest absolute Gasteiger partial charge is 0.381 e. The van der Waals surface area contributed by atoms with Gasteiger partial charge < -0.3 is 10.1 Å². The molecule has 18 heavy (non-hydrogen) atoms. The number of hydrogen-bond acceptors (Lipinski definition) is 3. The highest BCUT2D eigenvalue weighted by Crippen LogP contribution is 2.32. The first-order valence-corrected chi connectivity index (χ1v) is 7.93. The van der Waals surface area contributed by atoms with Crippen molar-refractivity contribution < 1.29 is 4.74 Å². The van der Waals surface area contributed by atoms with E-state index < -0.39 is 0 Å². The van der Waals surface area contributed by atoms with Crippen molar-refractivity contribution in [2.24, 2.45) is 5.92 Å². The summed E-state index contributed by atoms with van der Waals surface area (Å²) in [5.74, 6) is 0.503. The minimum absolute atomic E-state index is 0.262. The summed E-state index contributed by atoms with van der Waals surface area (Å²) in [4.78, 5) is 4.56. The van der Waals surface area contributed by atoms with E-state index in [1.807, 2.05) is 6.20 Å². The van der Waals surface area contributed by atoms with Crippen LogP contribution in [0, 0.1) is 5.92 Å². The molecule has 0 saturated carbocycles. The summed E-state index contributed by atoms with van der Waals surface area (Å²) >= 11 is 7.05. The van der Waals surface area contributed by atoms with Crippen LogP contribution in [0.4, 0.5) is 0 Å². The van der Waals surface area contributed by atoms with Crippen molar-refractivity contribution in [3.8, 4) is 0 Å². The molecule has 0 spiro atoms. The van der Waals surface area contributed by atoms with Crippen molar-refractivity contribution in [3.63, 3.8) is 0 Å². The maximum Gasteiger partial charge on any atom is 0.0719 e. The fourth-order valence-corrected chi connectivity index (χ4v) is 3.62. The van der Waals surface area contributed by atoms with Crippen LogP contribution >= 0.6 is 31.9 Å². The Balaban J connectivity index is 2.22. The van der Waals surface area contributed by atoms with Gasteiger partial charge in [-0.3, -0.25) is 4.98 Å². The third-order valence-electron chi connectivity index (χ3n) is 3.22. The van der Waals surface area contributed by atoms with Crippen LogP contribution < -0.4 is 5.32 Å². The third-order valence-corrected chi connectivity index (χ3v) is 4.29. The zero-order valence-corrected chi connectivity index (χ0v) is 13.6. The van der Waals surface area contributed by atoms with Gasteiger partial charge in [-0.1, -0.05) is 6.92 Å². The van der Waals surface area contributed by atoms with Gasteiger partial charge in [0, 0.05) is 27.7 Å². The van der Waals surface area contributed by atoms with Gasteiger partial charge in [0.25, 0.3) is 0 Å². The van der Waals surface area contributed by atoms with E-state index in [1.54, 1.807) is 0 Å². The lowest BCUT2D eigenvalue weighted by molar-refractivity contribution is 0.0385. The van der Waals surface area contributed by atoms with E-state index in [4.69, 9.17) is 4.74 Å². The smallest absolute Gasteiger partial charge is 0.0719 e. The molecule has 1 aliphatic heterocycles. The van der Waals surface area contributed by atoms with Crippen LogP contribution in [0.2, 0.25) is 0 Å². The lowest BCUT2D eigenvalue weighted by Crippen LogP contribution is -2.34. The van der Waals surface area contributed by atoms with Crippen LogP contribution in [0.25, 0.3) is 0 Å². The number of nitrogens with zero attached hydrogens (tertiary/aromatic N) is 1. The average Bonchev–Trinajstić information content (AvgIpc) is 2.38. The SMILES string of the molecule is CCNC(c1ncc(Br)cc1Br)C1CCCOC1. The first kappa shape index (κ1) is 14.4. The number of ether oxygens (including phenoxy) is 1. The molecule has 2 heterocycles. The Morgan fingerprint density at radius 3 is 3.00 bits per heavy atom. The quantitative estimate of drug-likeness (QED) is 0.868. The summed E-state index contributed by atoms with van der Waals surface area (Å²) in [6.45, 7) is 4.78. The molecule has 0 aliphatic carbocycles. The normalized spacial score (nSPS) is 21.8. The molecule has 1 aliphatic rings. The highest BCUT2D eigenvalue weighted by atomic mass is 79.9. The number of nitrogens with one attached hydrogen (secondary N) is 1. The average molecular weight is 378 g/mol. The lowest BCUT2D eigenvalue weighted by atomic mass is 9.91. The Morgan fingerprint density at radius 1 is 1.56 bits per heavy atom. The molecule has 2 rings (SSSR count). The van der Waals surface area contributed by atoms with Crippen molar-refractivity contribution >= 4 is 31.9 Å². The second-order valence-electron chi connectivity index (χ2n) is 4.53. The summed E-state index contributed by atoms with van der Waals surface area (Å²) in [7, 11) is 0. The Kier molecular flexibility index (Phi) is 5.60. The fourth-order valence-electron chi connectivity index (χ4n) is 2.39. The van der Waals surface area contributed by atoms with Crippen LogP contribution in [0.3, 0.4) is 0 Å². The second kappa shape index (κ2) is 6.98. The number of halogens is 2. The Bertz CT molecular complexity index is 395. The van der Waals surface area contributed by atoms with E-state index in [2.05, 4.69) is 55.2 Å². The van der Waals surface area contributed by atoms with E-state index in [0.717, 1.165) is 40.8 Å². The molecule has 2 atom stereocenters. The minimum Gasteiger partial charge on any atom is -0.381 e. The maximum atomic E-state index is 5.60. The Hall–Kier alpha value is 0.0300. The third kappa shape index (κ3) is 3.53. The highest BCUT2D eigenvalue weighted by Gasteiger charge is 2.27. The predicted octanol–water partition coefficient (Wildman–Crippen LogP) is 3.68. The van der Waals surface area contributed by atoms with Gasteiger partial charge in [-0.2, -0.15) is 0 Å². The minimum atomic E-state index is 0.262. The van der Waals surface area contributed by atoms with Gasteiger partial charge in [-0.25, -0.2) is 0 Å². The summed E-state index contributed by atoms with van der Waals surface area (Å²) in [5.41, 5.74) is 1.08. The van der Waals surface area contributed by atoms with E-state index in [0.29, 0.717) is 5.92 Å².